The minimum absolute atomic E-state index is 0.544. The minimum Gasteiger partial charge on any atom is -0.343 e. The van der Waals surface area contributed by atoms with Crippen LogP contribution >= 0.6 is 0 Å². The van der Waals surface area contributed by atoms with Crippen LogP contribution in [0, 0.1) is 0 Å². The summed E-state index contributed by atoms with van der Waals surface area (Å²) >= 11 is 0. The maximum Gasteiger partial charge on any atom is 0.138 e. The fraction of sp³-hybridized carbons (Fsp3) is 0.235. The Kier molecular flexibility index (Phi) is 2.72. The Morgan fingerprint density at radius 2 is 2.13 bits per heavy atom. The Morgan fingerprint density at radius 3 is 3.04 bits per heavy atom. The first-order valence-electron chi connectivity index (χ1n) is 7.88. The summed E-state index contributed by atoms with van der Waals surface area (Å²) in [6.07, 6.45) is 6.64. The van der Waals surface area contributed by atoms with E-state index in [0.29, 0.717) is 5.92 Å². The largest absolute Gasteiger partial charge is 0.343 e. The number of hydrogen-bond acceptors (Lipinski definition) is 4. The van der Waals surface area contributed by atoms with Gasteiger partial charge in [-0.3, -0.25) is 0 Å². The van der Waals surface area contributed by atoms with Gasteiger partial charge in [-0.05, 0) is 42.8 Å². The third kappa shape index (κ3) is 1.95. The smallest absolute Gasteiger partial charge is 0.138 e. The van der Waals surface area contributed by atoms with Crippen molar-refractivity contribution >= 4 is 16.6 Å². The maximum atomic E-state index is 4.51. The number of nitrogens with one attached hydrogen (secondary N) is 2. The molecular weight excluding hydrogens is 288 g/mol. The molecule has 0 aromatic carbocycles. The number of aromatic nitrogens is 5. The summed E-state index contributed by atoms with van der Waals surface area (Å²) in [4.78, 5) is 8.00. The van der Waals surface area contributed by atoms with Crippen molar-refractivity contribution < 1.29 is 0 Å². The third-order valence-electron chi connectivity index (χ3n) is 4.65. The minimum atomic E-state index is 0.544. The summed E-state index contributed by atoms with van der Waals surface area (Å²) < 4.78 is 1.66. The molecule has 1 aliphatic rings. The van der Waals surface area contributed by atoms with E-state index in [4.69, 9.17) is 0 Å². The zero-order valence-electron chi connectivity index (χ0n) is 12.5. The molecule has 2 N–H and O–H groups in total. The van der Waals surface area contributed by atoms with Gasteiger partial charge in [-0.25, -0.2) is 4.98 Å². The van der Waals surface area contributed by atoms with Crippen LogP contribution in [-0.2, 0) is 0 Å². The summed E-state index contributed by atoms with van der Waals surface area (Å²) in [5, 5.41) is 13.2. The molecule has 4 aromatic rings. The van der Waals surface area contributed by atoms with Crippen LogP contribution in [0.1, 0.15) is 18.0 Å². The lowest BCUT2D eigenvalue weighted by Crippen LogP contribution is -2.07. The Morgan fingerprint density at radius 1 is 1.13 bits per heavy atom. The molecule has 5 heterocycles. The van der Waals surface area contributed by atoms with Crippen molar-refractivity contribution in [2.45, 2.75) is 12.3 Å². The van der Waals surface area contributed by atoms with Crippen LogP contribution < -0.4 is 5.32 Å². The fourth-order valence-electron chi connectivity index (χ4n) is 3.46. The van der Waals surface area contributed by atoms with Crippen molar-refractivity contribution in [2.75, 3.05) is 13.1 Å². The van der Waals surface area contributed by atoms with Crippen LogP contribution in [0.5, 0.6) is 0 Å². The van der Waals surface area contributed by atoms with E-state index in [9.17, 15) is 0 Å². The number of hydrogen-bond donors (Lipinski definition) is 2. The van der Waals surface area contributed by atoms with Crippen molar-refractivity contribution in [3.05, 3.63) is 48.5 Å². The molecule has 0 spiro atoms. The molecular formula is C17H16N6. The first-order valence-corrected chi connectivity index (χ1v) is 7.88. The van der Waals surface area contributed by atoms with Crippen molar-refractivity contribution in [1.82, 2.24) is 30.1 Å². The van der Waals surface area contributed by atoms with E-state index in [1.807, 2.05) is 24.5 Å². The van der Waals surface area contributed by atoms with Gasteiger partial charge in [-0.1, -0.05) is 0 Å². The van der Waals surface area contributed by atoms with E-state index in [-0.39, 0.29) is 0 Å². The van der Waals surface area contributed by atoms with Gasteiger partial charge in [-0.2, -0.15) is 14.8 Å². The molecule has 0 saturated carbocycles. The van der Waals surface area contributed by atoms with Crippen LogP contribution in [0.15, 0.2) is 42.9 Å². The standard InChI is InChI=1S/C17H16N6/c1-2-16-14(10-21-23(16)20-5-1)12-4-7-19-17-13(12)8-15(22-17)11-3-6-18-9-11/h1-2,4-5,7-8,10-11,18H,3,6,9H2,(H,19,22). The van der Waals surface area contributed by atoms with Crippen molar-refractivity contribution in [3.63, 3.8) is 0 Å². The predicted molar refractivity (Wildman–Crippen MR) is 88.3 cm³/mol. The lowest BCUT2D eigenvalue weighted by molar-refractivity contribution is 0.743. The molecule has 1 saturated heterocycles. The summed E-state index contributed by atoms with van der Waals surface area (Å²) in [6, 6.07) is 8.27. The van der Waals surface area contributed by atoms with E-state index in [1.54, 1.807) is 10.8 Å². The average molecular weight is 304 g/mol. The van der Waals surface area contributed by atoms with Gasteiger partial charge in [-0.15, -0.1) is 0 Å². The molecule has 1 unspecified atom stereocenters. The second-order valence-corrected chi connectivity index (χ2v) is 5.99. The maximum absolute atomic E-state index is 4.51. The van der Waals surface area contributed by atoms with Crippen molar-refractivity contribution in [3.8, 4) is 11.1 Å². The lowest BCUT2D eigenvalue weighted by atomic mass is 10.0. The average Bonchev–Trinajstić information content (AvgIpc) is 3.32. The molecule has 114 valence electrons. The number of H-pyrrole nitrogens is 1. The molecule has 1 aliphatic heterocycles. The molecule has 0 aliphatic carbocycles. The highest BCUT2D eigenvalue weighted by Crippen LogP contribution is 2.33. The van der Waals surface area contributed by atoms with E-state index in [2.05, 4.69) is 37.6 Å². The van der Waals surface area contributed by atoms with Crippen molar-refractivity contribution in [2.24, 2.45) is 0 Å². The van der Waals surface area contributed by atoms with Gasteiger partial charge in [0.05, 0.1) is 11.7 Å². The molecule has 5 rings (SSSR count). The van der Waals surface area contributed by atoms with E-state index < -0.39 is 0 Å². The van der Waals surface area contributed by atoms with Gasteiger partial charge in [0.25, 0.3) is 0 Å². The quantitative estimate of drug-likeness (QED) is 0.596. The zero-order chi connectivity index (χ0) is 15.2. The molecule has 0 radical (unpaired) electrons. The number of nitrogens with zero attached hydrogens (tertiary/aromatic N) is 4. The van der Waals surface area contributed by atoms with E-state index in [1.165, 1.54) is 12.1 Å². The van der Waals surface area contributed by atoms with E-state index in [0.717, 1.165) is 40.8 Å². The fourth-order valence-corrected chi connectivity index (χ4v) is 3.46. The zero-order valence-corrected chi connectivity index (χ0v) is 12.5. The molecule has 1 atom stereocenters. The molecule has 0 amide bonds. The van der Waals surface area contributed by atoms with Gasteiger partial charge in [0.2, 0.25) is 0 Å². The summed E-state index contributed by atoms with van der Waals surface area (Å²) in [5.41, 5.74) is 5.43. The highest BCUT2D eigenvalue weighted by Gasteiger charge is 2.20. The number of pyridine rings is 1. The second-order valence-electron chi connectivity index (χ2n) is 5.99. The third-order valence-corrected chi connectivity index (χ3v) is 4.65. The normalized spacial score (nSPS) is 18.2. The first kappa shape index (κ1) is 12.8. The molecule has 4 aromatic heterocycles. The topological polar surface area (TPSA) is 70.9 Å². The molecule has 6 nitrogen and oxygen atoms in total. The molecule has 6 heteroatoms. The van der Waals surface area contributed by atoms with Gasteiger partial charge in [0.15, 0.2) is 0 Å². The Hall–Kier alpha value is -2.73. The Labute approximate surface area is 132 Å². The number of aromatic amines is 1. The van der Waals surface area contributed by atoms with Crippen LogP contribution in [0.4, 0.5) is 0 Å². The number of rotatable bonds is 2. The van der Waals surface area contributed by atoms with Crippen LogP contribution in [0.3, 0.4) is 0 Å². The summed E-state index contributed by atoms with van der Waals surface area (Å²) in [7, 11) is 0. The van der Waals surface area contributed by atoms with Crippen molar-refractivity contribution in [1.29, 1.82) is 0 Å². The summed E-state index contributed by atoms with van der Waals surface area (Å²) in [5.74, 6) is 0.544. The highest BCUT2D eigenvalue weighted by atomic mass is 15.4. The lowest BCUT2D eigenvalue weighted by Gasteiger charge is -2.03. The molecule has 1 fully saturated rings. The number of fused-ring (bicyclic) bond motifs is 2. The Balaban J connectivity index is 1.72. The Bertz CT molecular complexity index is 993. The summed E-state index contributed by atoms with van der Waals surface area (Å²) in [6.45, 7) is 2.11. The second kappa shape index (κ2) is 4.89. The highest BCUT2D eigenvalue weighted by molar-refractivity contribution is 5.97. The first-order chi connectivity index (χ1) is 11.4. The van der Waals surface area contributed by atoms with E-state index >= 15 is 0 Å². The predicted octanol–water partition coefficient (Wildman–Crippen LogP) is 2.35. The molecule has 0 bridgehead atoms. The monoisotopic (exact) mass is 304 g/mol. The molecule has 23 heavy (non-hydrogen) atoms. The van der Waals surface area contributed by atoms with Gasteiger partial charge < -0.3 is 10.3 Å². The van der Waals surface area contributed by atoms with Crippen LogP contribution in [-0.4, -0.2) is 37.9 Å². The van der Waals surface area contributed by atoms with Crippen LogP contribution in [0.2, 0.25) is 0 Å². The van der Waals surface area contributed by atoms with Gasteiger partial charge in [0.1, 0.15) is 5.65 Å². The van der Waals surface area contributed by atoms with Crippen LogP contribution in [0.25, 0.3) is 27.7 Å². The SMILES string of the molecule is c1cnn2ncc(-c3ccnc4[nH]c(C5CCNC5)cc34)c2c1. The van der Waals surface area contributed by atoms with Gasteiger partial charge in [0, 0.05) is 41.5 Å². The van der Waals surface area contributed by atoms with Gasteiger partial charge >= 0.3 is 0 Å².